The van der Waals surface area contributed by atoms with E-state index in [1.807, 2.05) is 0 Å². The van der Waals surface area contributed by atoms with Gasteiger partial charge in [-0.05, 0) is 12.1 Å². The predicted octanol–water partition coefficient (Wildman–Crippen LogP) is 3.54. The predicted molar refractivity (Wildman–Crippen MR) is 47.9 cm³/mol. The Kier molecular flexibility index (Phi) is 2.76. The second kappa shape index (κ2) is 3.47. The Labute approximate surface area is 85.1 Å². The standard InChI is InChI=1S/C10H11F4N/c1-9(2,3)8-6(11)4-5-7(15-8)10(12,13)14/h4-5H,1-3H3. The van der Waals surface area contributed by atoms with Gasteiger partial charge < -0.3 is 0 Å². The van der Waals surface area contributed by atoms with Gasteiger partial charge in [-0.25, -0.2) is 9.37 Å². The van der Waals surface area contributed by atoms with Crippen LogP contribution in [0.3, 0.4) is 0 Å². The molecule has 0 N–H and O–H groups in total. The molecule has 84 valence electrons. The van der Waals surface area contributed by atoms with Crippen molar-refractivity contribution in [1.82, 2.24) is 4.98 Å². The highest BCUT2D eigenvalue weighted by molar-refractivity contribution is 5.21. The fourth-order valence-corrected chi connectivity index (χ4v) is 1.13. The van der Waals surface area contributed by atoms with Crippen molar-refractivity contribution >= 4 is 0 Å². The number of alkyl halides is 3. The molecule has 0 radical (unpaired) electrons. The van der Waals surface area contributed by atoms with Crippen molar-refractivity contribution < 1.29 is 17.6 Å². The van der Waals surface area contributed by atoms with E-state index >= 15 is 0 Å². The fraction of sp³-hybridized carbons (Fsp3) is 0.500. The molecular weight excluding hydrogens is 210 g/mol. The minimum absolute atomic E-state index is 0.169. The first-order chi connectivity index (χ1) is 6.62. The van der Waals surface area contributed by atoms with Crippen LogP contribution in [-0.2, 0) is 11.6 Å². The summed E-state index contributed by atoms with van der Waals surface area (Å²) < 4.78 is 50.1. The van der Waals surface area contributed by atoms with Gasteiger partial charge in [-0.1, -0.05) is 20.8 Å². The molecule has 1 rings (SSSR count). The molecule has 1 heterocycles. The Morgan fingerprint density at radius 1 is 1.07 bits per heavy atom. The molecular formula is C10H11F4N. The molecule has 0 saturated heterocycles. The summed E-state index contributed by atoms with van der Waals surface area (Å²) in [6.45, 7) is 4.83. The third-order valence-corrected chi connectivity index (χ3v) is 1.85. The first-order valence-electron chi connectivity index (χ1n) is 4.36. The Hall–Kier alpha value is -1.13. The lowest BCUT2D eigenvalue weighted by molar-refractivity contribution is -0.141. The van der Waals surface area contributed by atoms with Crippen LogP contribution in [0, 0.1) is 5.82 Å². The van der Waals surface area contributed by atoms with Gasteiger partial charge in [0.2, 0.25) is 0 Å². The van der Waals surface area contributed by atoms with Gasteiger partial charge in [-0.3, -0.25) is 0 Å². The lowest BCUT2D eigenvalue weighted by Crippen LogP contribution is -2.19. The van der Waals surface area contributed by atoms with Gasteiger partial charge in [0.25, 0.3) is 0 Å². The molecule has 1 nitrogen and oxygen atoms in total. The summed E-state index contributed by atoms with van der Waals surface area (Å²) in [5.74, 6) is -0.712. The molecule has 0 spiro atoms. The van der Waals surface area contributed by atoms with E-state index in [-0.39, 0.29) is 5.69 Å². The van der Waals surface area contributed by atoms with Gasteiger partial charge >= 0.3 is 6.18 Å². The maximum Gasteiger partial charge on any atom is 0.433 e. The molecule has 1 aromatic rings. The van der Waals surface area contributed by atoms with Crippen molar-refractivity contribution in [2.24, 2.45) is 0 Å². The quantitative estimate of drug-likeness (QED) is 0.610. The number of nitrogens with zero attached hydrogens (tertiary/aromatic N) is 1. The lowest BCUT2D eigenvalue weighted by atomic mass is 9.91. The minimum Gasteiger partial charge on any atom is -0.245 e. The van der Waals surface area contributed by atoms with E-state index in [0.29, 0.717) is 6.07 Å². The zero-order chi connectivity index (χ0) is 11.9. The molecule has 0 aliphatic carbocycles. The fourth-order valence-electron chi connectivity index (χ4n) is 1.13. The van der Waals surface area contributed by atoms with E-state index in [2.05, 4.69) is 4.98 Å². The van der Waals surface area contributed by atoms with Crippen LogP contribution in [0.4, 0.5) is 17.6 Å². The Morgan fingerprint density at radius 2 is 1.60 bits per heavy atom. The lowest BCUT2D eigenvalue weighted by Gasteiger charge is -2.19. The highest BCUT2D eigenvalue weighted by Gasteiger charge is 2.34. The third-order valence-electron chi connectivity index (χ3n) is 1.85. The monoisotopic (exact) mass is 221 g/mol. The number of pyridine rings is 1. The number of halogens is 4. The van der Waals surface area contributed by atoms with Crippen LogP contribution in [-0.4, -0.2) is 4.98 Å². The van der Waals surface area contributed by atoms with Crippen molar-refractivity contribution in [3.8, 4) is 0 Å². The molecule has 15 heavy (non-hydrogen) atoms. The largest absolute Gasteiger partial charge is 0.433 e. The van der Waals surface area contributed by atoms with Crippen LogP contribution < -0.4 is 0 Å². The van der Waals surface area contributed by atoms with Crippen LogP contribution in [0.25, 0.3) is 0 Å². The maximum atomic E-state index is 13.2. The molecule has 0 unspecified atom stereocenters. The number of aromatic nitrogens is 1. The van der Waals surface area contributed by atoms with Crippen molar-refractivity contribution in [2.75, 3.05) is 0 Å². The van der Waals surface area contributed by atoms with Crippen LogP contribution in [0.1, 0.15) is 32.2 Å². The van der Waals surface area contributed by atoms with Gasteiger partial charge in [0, 0.05) is 5.41 Å². The first kappa shape index (κ1) is 11.9. The van der Waals surface area contributed by atoms with E-state index in [0.717, 1.165) is 6.07 Å². The van der Waals surface area contributed by atoms with Gasteiger partial charge in [0.05, 0.1) is 5.69 Å². The molecule has 0 bridgehead atoms. The molecule has 0 saturated carbocycles. The molecule has 0 aliphatic heterocycles. The second-order valence-electron chi connectivity index (χ2n) is 4.27. The molecule has 0 aliphatic rings. The smallest absolute Gasteiger partial charge is 0.245 e. The Bertz CT molecular complexity index is 363. The van der Waals surface area contributed by atoms with Crippen molar-refractivity contribution in [2.45, 2.75) is 32.4 Å². The average molecular weight is 221 g/mol. The number of hydrogen-bond acceptors (Lipinski definition) is 1. The van der Waals surface area contributed by atoms with E-state index in [1.165, 1.54) is 0 Å². The zero-order valence-electron chi connectivity index (χ0n) is 8.61. The summed E-state index contributed by atoms with van der Waals surface area (Å²) in [5, 5.41) is 0. The highest BCUT2D eigenvalue weighted by atomic mass is 19.4. The van der Waals surface area contributed by atoms with E-state index in [1.54, 1.807) is 20.8 Å². The van der Waals surface area contributed by atoms with Crippen LogP contribution in [0.15, 0.2) is 12.1 Å². The van der Waals surface area contributed by atoms with Gasteiger partial charge in [-0.15, -0.1) is 0 Å². The summed E-state index contributed by atoms with van der Waals surface area (Å²) in [5.41, 5.74) is -1.98. The minimum atomic E-state index is -4.53. The average Bonchev–Trinajstić information content (AvgIpc) is 2.00. The zero-order valence-corrected chi connectivity index (χ0v) is 8.61. The summed E-state index contributed by atoms with van der Waals surface area (Å²) in [6.07, 6.45) is -4.53. The molecule has 1 aromatic heterocycles. The van der Waals surface area contributed by atoms with Crippen LogP contribution in [0.5, 0.6) is 0 Å². The number of rotatable bonds is 0. The first-order valence-corrected chi connectivity index (χ1v) is 4.36. The summed E-state index contributed by atoms with van der Waals surface area (Å²) in [4.78, 5) is 3.31. The van der Waals surface area contributed by atoms with E-state index in [9.17, 15) is 17.6 Å². The van der Waals surface area contributed by atoms with Crippen LogP contribution in [0.2, 0.25) is 0 Å². The summed E-state index contributed by atoms with van der Waals surface area (Å²) >= 11 is 0. The van der Waals surface area contributed by atoms with Gasteiger partial charge in [0.1, 0.15) is 11.5 Å². The SMILES string of the molecule is CC(C)(C)c1nc(C(F)(F)F)ccc1F. The molecule has 0 aromatic carbocycles. The topological polar surface area (TPSA) is 12.9 Å². The molecule has 0 fully saturated rings. The van der Waals surface area contributed by atoms with Gasteiger partial charge in [-0.2, -0.15) is 13.2 Å². The highest BCUT2D eigenvalue weighted by Crippen LogP contribution is 2.31. The Balaban J connectivity index is 3.30. The molecule has 0 atom stereocenters. The van der Waals surface area contributed by atoms with Crippen molar-refractivity contribution in [3.05, 3.63) is 29.3 Å². The molecule has 5 heteroatoms. The maximum absolute atomic E-state index is 13.2. The van der Waals surface area contributed by atoms with Crippen LogP contribution >= 0.6 is 0 Å². The van der Waals surface area contributed by atoms with Crippen molar-refractivity contribution in [3.63, 3.8) is 0 Å². The number of hydrogen-bond donors (Lipinski definition) is 0. The van der Waals surface area contributed by atoms with Gasteiger partial charge in [0.15, 0.2) is 0 Å². The van der Waals surface area contributed by atoms with Crippen molar-refractivity contribution in [1.29, 1.82) is 0 Å². The summed E-state index contributed by atoms with van der Waals surface area (Å²) in [7, 11) is 0. The summed E-state index contributed by atoms with van der Waals surface area (Å²) in [6, 6.07) is 1.45. The van der Waals surface area contributed by atoms with E-state index in [4.69, 9.17) is 0 Å². The third kappa shape index (κ3) is 2.67. The van der Waals surface area contributed by atoms with E-state index < -0.39 is 23.1 Å². The Morgan fingerprint density at radius 3 is 2.00 bits per heavy atom. The normalized spacial score (nSPS) is 13.0. The second-order valence-corrected chi connectivity index (χ2v) is 4.27. The molecule has 0 amide bonds.